The molecule has 1 heterocycles. The summed E-state index contributed by atoms with van der Waals surface area (Å²) in [5, 5.41) is 4.13. The van der Waals surface area contributed by atoms with E-state index in [4.69, 9.17) is 21.1 Å². The van der Waals surface area contributed by atoms with Crippen LogP contribution in [0, 0.1) is 0 Å². The van der Waals surface area contributed by atoms with E-state index < -0.39 is 12.1 Å². The van der Waals surface area contributed by atoms with Gasteiger partial charge in [0.05, 0.1) is 12.0 Å². The van der Waals surface area contributed by atoms with Gasteiger partial charge in [-0.3, -0.25) is 9.59 Å². The minimum absolute atomic E-state index is 0.161. The first-order valence-corrected chi connectivity index (χ1v) is 9.77. The van der Waals surface area contributed by atoms with E-state index in [2.05, 4.69) is 5.32 Å². The normalized spacial score (nSPS) is 11.7. The van der Waals surface area contributed by atoms with Crippen LogP contribution in [0.2, 0.25) is 5.02 Å². The molecule has 0 spiro atoms. The van der Waals surface area contributed by atoms with Gasteiger partial charge in [-0.25, -0.2) is 4.79 Å². The molecule has 1 N–H and O–H groups in total. The summed E-state index contributed by atoms with van der Waals surface area (Å²) in [5.41, 5.74) is 0.202. The smallest absolute Gasteiger partial charge is 0.347 e. The molecular formula is C22H21ClN2O5. The molecule has 0 bridgehead atoms. The van der Waals surface area contributed by atoms with Crippen LogP contribution in [-0.4, -0.2) is 29.2 Å². The lowest BCUT2D eigenvalue weighted by Crippen LogP contribution is -2.28. The number of esters is 1. The van der Waals surface area contributed by atoms with Gasteiger partial charge in [-0.05, 0) is 50.2 Å². The molecule has 0 aliphatic heterocycles. The van der Waals surface area contributed by atoms with E-state index in [1.807, 2.05) is 0 Å². The number of aromatic nitrogens is 1. The number of ether oxygens (including phenoxy) is 2. The van der Waals surface area contributed by atoms with Crippen LogP contribution in [0.15, 0.2) is 59.5 Å². The molecule has 2 aromatic carbocycles. The molecule has 0 aliphatic carbocycles. The van der Waals surface area contributed by atoms with E-state index >= 15 is 0 Å². The van der Waals surface area contributed by atoms with E-state index in [-0.39, 0.29) is 24.6 Å². The van der Waals surface area contributed by atoms with Crippen molar-refractivity contribution in [1.82, 2.24) is 4.57 Å². The average Bonchev–Trinajstić information content (AvgIpc) is 2.70. The van der Waals surface area contributed by atoms with Crippen molar-refractivity contribution in [1.29, 1.82) is 0 Å². The Hall–Kier alpha value is -3.32. The Labute approximate surface area is 178 Å². The fourth-order valence-corrected chi connectivity index (χ4v) is 3.13. The largest absolute Gasteiger partial charge is 0.478 e. The van der Waals surface area contributed by atoms with Crippen molar-refractivity contribution in [2.45, 2.75) is 26.5 Å². The number of benzene rings is 2. The van der Waals surface area contributed by atoms with Crippen LogP contribution in [0.1, 0.15) is 13.8 Å². The Balaban J connectivity index is 1.81. The number of halogens is 1. The van der Waals surface area contributed by atoms with Crippen LogP contribution >= 0.6 is 11.6 Å². The van der Waals surface area contributed by atoms with Gasteiger partial charge < -0.3 is 19.4 Å². The van der Waals surface area contributed by atoms with Gasteiger partial charge in [0.1, 0.15) is 12.3 Å². The highest BCUT2D eigenvalue weighted by Gasteiger charge is 2.18. The van der Waals surface area contributed by atoms with Crippen molar-refractivity contribution in [2.24, 2.45) is 0 Å². The molecule has 0 saturated carbocycles. The van der Waals surface area contributed by atoms with Crippen molar-refractivity contribution >= 4 is 39.9 Å². The van der Waals surface area contributed by atoms with Gasteiger partial charge in [0, 0.05) is 22.3 Å². The van der Waals surface area contributed by atoms with Gasteiger partial charge in [-0.15, -0.1) is 0 Å². The first kappa shape index (κ1) is 21.4. The van der Waals surface area contributed by atoms with Gasteiger partial charge in [0.15, 0.2) is 6.10 Å². The summed E-state index contributed by atoms with van der Waals surface area (Å²) in [4.78, 5) is 37.0. The molecule has 3 rings (SSSR count). The summed E-state index contributed by atoms with van der Waals surface area (Å²) in [6.07, 6.45) is 0.700. The van der Waals surface area contributed by atoms with E-state index in [9.17, 15) is 14.4 Å². The minimum atomic E-state index is -0.818. The van der Waals surface area contributed by atoms with E-state index in [0.29, 0.717) is 27.2 Å². The molecule has 1 aromatic heterocycles. The van der Waals surface area contributed by atoms with Gasteiger partial charge in [-0.2, -0.15) is 0 Å². The zero-order valence-corrected chi connectivity index (χ0v) is 17.3. The fourth-order valence-electron chi connectivity index (χ4n) is 2.94. The summed E-state index contributed by atoms with van der Waals surface area (Å²) in [7, 11) is 0. The predicted octanol–water partition coefficient (Wildman–Crippen LogP) is 3.62. The van der Waals surface area contributed by atoms with Crippen molar-refractivity contribution in [3.8, 4) is 5.75 Å². The number of hydrogen-bond acceptors (Lipinski definition) is 5. The summed E-state index contributed by atoms with van der Waals surface area (Å²) < 4.78 is 11.9. The van der Waals surface area contributed by atoms with Crippen molar-refractivity contribution in [3.63, 3.8) is 0 Å². The second-order valence-electron chi connectivity index (χ2n) is 6.54. The Morgan fingerprint density at radius 3 is 2.63 bits per heavy atom. The predicted molar refractivity (Wildman–Crippen MR) is 115 cm³/mol. The summed E-state index contributed by atoms with van der Waals surface area (Å²) >= 11 is 5.92. The topological polar surface area (TPSA) is 86.6 Å². The van der Waals surface area contributed by atoms with Gasteiger partial charge in [-0.1, -0.05) is 23.7 Å². The number of fused-ring (bicyclic) bond motifs is 1. The number of amides is 1. The van der Waals surface area contributed by atoms with Crippen LogP contribution < -0.4 is 15.6 Å². The first-order chi connectivity index (χ1) is 14.4. The molecular weight excluding hydrogens is 408 g/mol. The molecule has 3 aromatic rings. The lowest BCUT2D eigenvalue weighted by molar-refractivity contribution is -0.150. The maximum atomic E-state index is 12.9. The van der Waals surface area contributed by atoms with Gasteiger partial charge >= 0.3 is 5.97 Å². The molecule has 0 saturated heterocycles. The lowest BCUT2D eigenvalue weighted by Gasteiger charge is -2.15. The summed E-state index contributed by atoms with van der Waals surface area (Å²) in [6.45, 7) is 3.39. The molecule has 1 amide bonds. The number of nitrogens with one attached hydrogen (secondary N) is 1. The van der Waals surface area contributed by atoms with Crippen molar-refractivity contribution < 1.29 is 19.1 Å². The van der Waals surface area contributed by atoms with E-state index in [1.165, 1.54) is 10.8 Å². The molecule has 0 unspecified atom stereocenters. The second kappa shape index (κ2) is 9.45. The maximum absolute atomic E-state index is 12.9. The number of carbonyl (C=O) groups is 2. The van der Waals surface area contributed by atoms with Crippen LogP contribution in [0.5, 0.6) is 5.75 Å². The number of hydrogen-bond donors (Lipinski definition) is 1. The minimum Gasteiger partial charge on any atom is -0.478 e. The Bertz CT molecular complexity index is 1140. The van der Waals surface area contributed by atoms with Crippen LogP contribution in [0.3, 0.4) is 0 Å². The number of nitrogens with zero attached hydrogens (tertiary/aromatic N) is 1. The highest BCUT2D eigenvalue weighted by atomic mass is 35.5. The quantitative estimate of drug-likeness (QED) is 0.581. The fraction of sp³-hybridized carbons (Fsp3) is 0.227. The van der Waals surface area contributed by atoms with Crippen LogP contribution in [-0.2, 0) is 20.9 Å². The highest BCUT2D eigenvalue weighted by molar-refractivity contribution is 6.30. The third-order valence-corrected chi connectivity index (χ3v) is 4.56. The molecule has 0 fully saturated rings. The molecule has 7 nitrogen and oxygen atoms in total. The third-order valence-electron chi connectivity index (χ3n) is 4.32. The Morgan fingerprint density at radius 1 is 1.13 bits per heavy atom. The highest BCUT2D eigenvalue weighted by Crippen LogP contribution is 2.24. The Morgan fingerprint density at radius 2 is 1.90 bits per heavy atom. The first-order valence-electron chi connectivity index (χ1n) is 9.40. The Kier molecular flexibility index (Phi) is 6.74. The SMILES string of the molecule is CCOC(=O)[C@@H](C)Oc1cccc2c(=O)n(CC(=O)Nc3cccc(Cl)c3)ccc12. The van der Waals surface area contributed by atoms with Crippen molar-refractivity contribution in [2.75, 3.05) is 11.9 Å². The average molecular weight is 429 g/mol. The monoisotopic (exact) mass is 428 g/mol. The molecule has 0 radical (unpaired) electrons. The number of anilines is 1. The van der Waals surface area contributed by atoms with Crippen molar-refractivity contribution in [3.05, 3.63) is 70.1 Å². The number of carbonyl (C=O) groups excluding carboxylic acids is 2. The molecule has 30 heavy (non-hydrogen) atoms. The summed E-state index contributed by atoms with van der Waals surface area (Å²) in [5.74, 6) is -0.455. The molecule has 0 aliphatic rings. The molecule has 1 atom stereocenters. The van der Waals surface area contributed by atoms with Crippen LogP contribution in [0.25, 0.3) is 10.8 Å². The number of pyridine rings is 1. The standard InChI is InChI=1S/C22H21ClN2O5/c1-3-29-22(28)14(2)30-19-9-5-8-18-17(19)10-11-25(21(18)27)13-20(26)24-16-7-4-6-15(23)12-16/h4-12,14H,3,13H2,1-2H3,(H,24,26)/t14-/m1/s1. The molecule has 156 valence electrons. The zero-order chi connectivity index (χ0) is 21.7. The van der Waals surface area contributed by atoms with Gasteiger partial charge in [0.25, 0.3) is 5.56 Å². The lowest BCUT2D eigenvalue weighted by atomic mass is 10.1. The number of rotatable bonds is 7. The maximum Gasteiger partial charge on any atom is 0.347 e. The third kappa shape index (κ3) is 4.99. The molecule has 8 heteroatoms. The second-order valence-corrected chi connectivity index (χ2v) is 6.97. The van der Waals surface area contributed by atoms with E-state index in [0.717, 1.165) is 0 Å². The summed E-state index contributed by atoms with van der Waals surface area (Å²) in [6, 6.07) is 13.4. The van der Waals surface area contributed by atoms with Crippen LogP contribution in [0.4, 0.5) is 5.69 Å². The van der Waals surface area contributed by atoms with E-state index in [1.54, 1.807) is 62.4 Å². The zero-order valence-electron chi connectivity index (χ0n) is 16.6. The van der Waals surface area contributed by atoms with Gasteiger partial charge in [0.2, 0.25) is 5.91 Å².